The van der Waals surface area contributed by atoms with Crippen molar-refractivity contribution in [2.75, 3.05) is 20.2 Å². The molecule has 1 fully saturated rings. The number of thiophene rings is 1. The molecule has 0 radical (unpaired) electrons. The van der Waals surface area contributed by atoms with E-state index in [2.05, 4.69) is 4.74 Å². The Morgan fingerprint density at radius 2 is 1.74 bits per heavy atom. The second-order valence-electron chi connectivity index (χ2n) is 8.24. The molecule has 3 rings (SSSR count). The van der Waals surface area contributed by atoms with Crippen molar-refractivity contribution < 1.29 is 41.0 Å². The minimum absolute atomic E-state index is 0.00879. The van der Waals surface area contributed by atoms with E-state index < -0.39 is 61.2 Å². The highest BCUT2D eigenvalue weighted by atomic mass is 32.1. The molecule has 2 aromatic heterocycles. The summed E-state index contributed by atoms with van der Waals surface area (Å²) in [6.45, 7) is -0.443. The molecule has 8 nitrogen and oxygen atoms in total. The summed E-state index contributed by atoms with van der Waals surface area (Å²) in [7, 11) is 0.728. The van der Waals surface area contributed by atoms with Gasteiger partial charge in [-0.05, 0) is 25.3 Å². The molecule has 15 heteroatoms. The van der Waals surface area contributed by atoms with Crippen molar-refractivity contribution in [3.63, 3.8) is 0 Å². The number of aromatic nitrogens is 2. The van der Waals surface area contributed by atoms with Crippen LogP contribution in [-0.4, -0.2) is 69.8 Å². The largest absolute Gasteiger partial charge is 0.416 e. The number of hydrogen-bond acceptors (Lipinski definition) is 6. The average Bonchev–Trinajstić information content (AvgIpc) is 3.09. The maximum atomic E-state index is 13.2. The molecular weight excluding hydrogens is 508 g/mol. The minimum Gasteiger partial charge on any atom is -0.393 e. The zero-order chi connectivity index (χ0) is 26.3. The highest BCUT2D eigenvalue weighted by Crippen LogP contribution is 2.31. The smallest absolute Gasteiger partial charge is 0.393 e. The molecule has 0 aliphatic carbocycles. The minimum atomic E-state index is -4.95. The van der Waals surface area contributed by atoms with Gasteiger partial charge in [-0.1, -0.05) is 0 Å². The van der Waals surface area contributed by atoms with Gasteiger partial charge in [-0.25, -0.2) is 4.79 Å². The topological polar surface area (TPSA) is 93.8 Å². The second-order valence-corrected chi connectivity index (χ2v) is 9.24. The molecule has 1 saturated heterocycles. The summed E-state index contributed by atoms with van der Waals surface area (Å²) in [5.74, 6) is -0.540. The molecule has 2 aromatic rings. The lowest BCUT2D eigenvalue weighted by molar-refractivity contribution is -0.216. The predicted octanol–water partition coefficient (Wildman–Crippen LogP) is 2.66. The normalized spacial score (nSPS) is 16.8. The Morgan fingerprint density at radius 3 is 2.26 bits per heavy atom. The number of carbonyl (C=O) groups is 1. The van der Waals surface area contributed by atoms with E-state index in [-0.39, 0.29) is 38.3 Å². The van der Waals surface area contributed by atoms with Gasteiger partial charge in [0.2, 0.25) is 0 Å². The third kappa shape index (κ3) is 5.72. The van der Waals surface area contributed by atoms with Gasteiger partial charge in [-0.2, -0.15) is 26.3 Å². The molecule has 0 spiro atoms. The number of aliphatic hydroxyl groups is 1. The molecule has 0 saturated carbocycles. The number of carbonyl (C=O) groups excluding carboxylic acids is 1. The zero-order valence-electron chi connectivity index (χ0n) is 18.7. The van der Waals surface area contributed by atoms with Crippen LogP contribution < -0.4 is 11.2 Å². The van der Waals surface area contributed by atoms with Crippen molar-refractivity contribution in [1.29, 1.82) is 0 Å². The number of rotatable bonds is 6. The van der Waals surface area contributed by atoms with Crippen molar-refractivity contribution in [1.82, 2.24) is 14.0 Å². The Morgan fingerprint density at radius 1 is 1.14 bits per heavy atom. The average molecular weight is 531 g/mol. The lowest BCUT2D eigenvalue weighted by atomic mass is 10.1. The number of aryl methyl sites for hydroxylation is 2. The summed E-state index contributed by atoms with van der Waals surface area (Å²) in [5, 5.41) is 9.36. The standard InChI is InChI=1S/C20H23F6N3O5S/c1-10-13-15(31)29(9-12(34-2)20(24,25)26)18(33)28(8-5-19(21,22)23)17(13)35-14(10)16(32)27-6-3-11(30)4-7-27/h11-12,30H,3-9H2,1-2H3. The van der Waals surface area contributed by atoms with Crippen LogP contribution in [0.3, 0.4) is 0 Å². The van der Waals surface area contributed by atoms with E-state index in [1.54, 1.807) is 0 Å². The first-order chi connectivity index (χ1) is 16.2. The fraction of sp³-hybridized carbons (Fsp3) is 0.650. The Hall–Kier alpha value is -2.39. The van der Waals surface area contributed by atoms with Gasteiger partial charge in [0.05, 0.1) is 29.3 Å². The summed E-state index contributed by atoms with van der Waals surface area (Å²) in [5.41, 5.74) is -2.46. The molecule has 1 atom stereocenters. The van der Waals surface area contributed by atoms with Crippen molar-refractivity contribution in [3.05, 3.63) is 31.3 Å². The number of halogens is 6. The molecule has 0 aromatic carbocycles. The highest BCUT2D eigenvalue weighted by molar-refractivity contribution is 7.20. The number of methoxy groups -OCH3 is 1. The number of piperidine rings is 1. The van der Waals surface area contributed by atoms with E-state index in [0.29, 0.717) is 28.7 Å². The molecule has 196 valence electrons. The SMILES string of the molecule is COC(Cn1c(=O)c2c(C)c(C(=O)N3CCC(O)CC3)sc2n(CCC(F)(F)F)c1=O)C(F)(F)F. The van der Waals surface area contributed by atoms with Crippen LogP contribution in [0.4, 0.5) is 26.3 Å². The van der Waals surface area contributed by atoms with Gasteiger partial charge in [0.15, 0.2) is 6.10 Å². The number of hydrogen-bond donors (Lipinski definition) is 1. The molecule has 1 unspecified atom stereocenters. The summed E-state index contributed by atoms with van der Waals surface area (Å²) in [6, 6.07) is 0. The zero-order valence-corrected chi connectivity index (χ0v) is 19.5. The number of likely N-dealkylation sites (tertiary alicyclic amines) is 1. The van der Waals surface area contributed by atoms with Gasteiger partial charge in [-0.3, -0.25) is 18.7 Å². The molecule has 0 bridgehead atoms. The molecule has 1 aliphatic rings. The molecule has 1 N–H and O–H groups in total. The molecule has 35 heavy (non-hydrogen) atoms. The number of ether oxygens (including phenoxy) is 1. The first-order valence-electron chi connectivity index (χ1n) is 10.6. The van der Waals surface area contributed by atoms with Gasteiger partial charge in [0.25, 0.3) is 11.5 Å². The van der Waals surface area contributed by atoms with Crippen LogP contribution in [0.1, 0.15) is 34.5 Å². The van der Waals surface area contributed by atoms with Crippen molar-refractivity contribution in [2.24, 2.45) is 0 Å². The lowest BCUT2D eigenvalue weighted by Gasteiger charge is -2.29. The quantitative estimate of drug-likeness (QED) is 0.579. The van der Waals surface area contributed by atoms with Crippen LogP contribution in [-0.2, 0) is 17.8 Å². The monoisotopic (exact) mass is 531 g/mol. The molecule has 1 aliphatic heterocycles. The third-order valence-corrected chi connectivity index (χ3v) is 7.16. The Balaban J connectivity index is 2.19. The fourth-order valence-corrected chi connectivity index (χ4v) is 5.17. The van der Waals surface area contributed by atoms with Crippen molar-refractivity contribution in [3.8, 4) is 0 Å². The Kier molecular flexibility index (Phi) is 7.72. The maximum absolute atomic E-state index is 13.2. The highest BCUT2D eigenvalue weighted by Gasteiger charge is 2.41. The Bertz CT molecular complexity index is 1210. The second kappa shape index (κ2) is 9.93. The number of amides is 1. The Labute approximate surface area is 198 Å². The third-order valence-electron chi connectivity index (χ3n) is 5.86. The summed E-state index contributed by atoms with van der Waals surface area (Å²) in [4.78, 5) is 40.3. The van der Waals surface area contributed by atoms with Crippen LogP contribution in [0, 0.1) is 6.92 Å². The fourth-order valence-electron chi connectivity index (χ4n) is 3.89. The summed E-state index contributed by atoms with van der Waals surface area (Å²) < 4.78 is 83.7. The van der Waals surface area contributed by atoms with Crippen LogP contribution in [0.25, 0.3) is 10.2 Å². The van der Waals surface area contributed by atoms with Gasteiger partial charge in [0, 0.05) is 26.7 Å². The van der Waals surface area contributed by atoms with E-state index in [9.17, 15) is 45.8 Å². The van der Waals surface area contributed by atoms with E-state index in [0.717, 1.165) is 7.11 Å². The maximum Gasteiger partial charge on any atom is 0.416 e. The van der Waals surface area contributed by atoms with Crippen LogP contribution in [0.2, 0.25) is 0 Å². The van der Waals surface area contributed by atoms with Gasteiger partial charge in [0.1, 0.15) is 4.83 Å². The summed E-state index contributed by atoms with van der Waals surface area (Å²) in [6.07, 6.45) is -13.6. The van der Waals surface area contributed by atoms with Crippen molar-refractivity contribution >= 4 is 27.5 Å². The van der Waals surface area contributed by atoms with Crippen LogP contribution in [0.15, 0.2) is 9.59 Å². The number of nitrogens with zero attached hydrogens (tertiary/aromatic N) is 3. The number of alkyl halides is 6. The first kappa shape index (κ1) is 27.2. The molecule has 1 amide bonds. The first-order valence-corrected chi connectivity index (χ1v) is 11.4. The predicted molar refractivity (Wildman–Crippen MR) is 114 cm³/mol. The van der Waals surface area contributed by atoms with Gasteiger partial charge < -0.3 is 14.7 Å². The van der Waals surface area contributed by atoms with Crippen LogP contribution in [0.5, 0.6) is 0 Å². The molecule has 3 heterocycles. The van der Waals surface area contributed by atoms with Gasteiger partial charge in [-0.15, -0.1) is 11.3 Å². The van der Waals surface area contributed by atoms with Crippen molar-refractivity contribution in [2.45, 2.75) is 63.8 Å². The van der Waals surface area contributed by atoms with E-state index in [4.69, 9.17) is 0 Å². The number of aliphatic hydroxyl groups excluding tert-OH is 1. The molecular formula is C20H23F6N3O5S. The van der Waals surface area contributed by atoms with E-state index in [1.165, 1.54) is 11.8 Å². The van der Waals surface area contributed by atoms with E-state index >= 15 is 0 Å². The van der Waals surface area contributed by atoms with Gasteiger partial charge >= 0.3 is 18.0 Å². The summed E-state index contributed by atoms with van der Waals surface area (Å²) >= 11 is 0.646. The van der Waals surface area contributed by atoms with Crippen LogP contribution >= 0.6 is 11.3 Å². The lowest BCUT2D eigenvalue weighted by Crippen LogP contribution is -2.46. The van der Waals surface area contributed by atoms with E-state index in [1.807, 2.05) is 0 Å². The number of fused-ring (bicyclic) bond motifs is 1.